The van der Waals surface area contributed by atoms with Gasteiger partial charge in [0.1, 0.15) is 17.3 Å². The van der Waals surface area contributed by atoms with Crippen LogP contribution in [0.3, 0.4) is 0 Å². The Morgan fingerprint density at radius 3 is 2.49 bits per heavy atom. The molecule has 1 fully saturated rings. The lowest BCUT2D eigenvalue weighted by atomic mass is 9.95. The quantitative estimate of drug-likeness (QED) is 0.500. The molecule has 9 heteroatoms. The van der Waals surface area contributed by atoms with Crippen molar-refractivity contribution in [1.82, 2.24) is 10.6 Å². The van der Waals surface area contributed by atoms with Gasteiger partial charge in [-0.15, -0.1) is 0 Å². The van der Waals surface area contributed by atoms with Gasteiger partial charge in [0.2, 0.25) is 5.91 Å². The third-order valence-corrected chi connectivity index (χ3v) is 6.01. The summed E-state index contributed by atoms with van der Waals surface area (Å²) in [6, 6.07) is 10.7. The van der Waals surface area contributed by atoms with E-state index in [0.29, 0.717) is 5.76 Å². The molecule has 1 aliphatic carbocycles. The Balaban J connectivity index is 1.66. The van der Waals surface area contributed by atoms with Crippen LogP contribution in [0.2, 0.25) is 0 Å². The highest BCUT2D eigenvalue weighted by Crippen LogP contribution is 2.31. The van der Waals surface area contributed by atoms with Crippen LogP contribution >= 0.6 is 0 Å². The predicted octanol–water partition coefficient (Wildman–Crippen LogP) is 4.27. The first-order valence-corrected chi connectivity index (χ1v) is 11.7. The molecule has 0 saturated heterocycles. The molecule has 3 amide bonds. The van der Waals surface area contributed by atoms with Gasteiger partial charge in [-0.05, 0) is 56.2 Å². The van der Waals surface area contributed by atoms with Crippen molar-refractivity contribution in [2.45, 2.75) is 51.1 Å². The van der Waals surface area contributed by atoms with Gasteiger partial charge in [-0.3, -0.25) is 19.3 Å². The molecule has 2 aromatic heterocycles. The second-order valence-electron chi connectivity index (χ2n) is 8.57. The lowest BCUT2D eigenvalue weighted by Crippen LogP contribution is -2.49. The van der Waals surface area contributed by atoms with Crippen LogP contribution < -0.4 is 15.5 Å². The molecule has 1 atom stereocenters. The molecule has 184 valence electrons. The number of anilines is 1. The van der Waals surface area contributed by atoms with Gasteiger partial charge < -0.3 is 19.5 Å². The highest BCUT2D eigenvalue weighted by atomic mass is 19.1. The first-order valence-electron chi connectivity index (χ1n) is 11.7. The van der Waals surface area contributed by atoms with Gasteiger partial charge >= 0.3 is 0 Å². The molecule has 4 rings (SSSR count). The van der Waals surface area contributed by atoms with E-state index in [-0.39, 0.29) is 23.2 Å². The van der Waals surface area contributed by atoms with E-state index in [0.717, 1.165) is 37.0 Å². The number of hydrogen-bond donors (Lipinski definition) is 2. The van der Waals surface area contributed by atoms with Gasteiger partial charge in [0.15, 0.2) is 11.8 Å². The zero-order valence-corrected chi connectivity index (χ0v) is 19.5. The number of benzene rings is 1. The highest BCUT2D eigenvalue weighted by molar-refractivity contribution is 6.04. The lowest BCUT2D eigenvalue weighted by Gasteiger charge is -2.32. The van der Waals surface area contributed by atoms with E-state index in [9.17, 15) is 18.8 Å². The van der Waals surface area contributed by atoms with Gasteiger partial charge in [0.25, 0.3) is 11.8 Å². The number of nitrogens with zero attached hydrogens (tertiary/aromatic N) is 1. The van der Waals surface area contributed by atoms with Gasteiger partial charge in [0, 0.05) is 6.04 Å². The van der Waals surface area contributed by atoms with E-state index in [1.165, 1.54) is 30.5 Å². The molecule has 0 unspecified atom stereocenters. The summed E-state index contributed by atoms with van der Waals surface area (Å²) in [7, 11) is 0. The SMILES string of the molecule is Cc1ccc([C@@H](C(=O)NC2CCCCC2)N(C(=O)CNC(=O)c2ccco2)c2ccccc2F)o1. The van der Waals surface area contributed by atoms with Gasteiger partial charge in [-0.2, -0.15) is 0 Å². The average Bonchev–Trinajstić information content (AvgIpc) is 3.54. The summed E-state index contributed by atoms with van der Waals surface area (Å²) in [5.41, 5.74) is -0.0948. The van der Waals surface area contributed by atoms with Crippen molar-refractivity contribution in [3.8, 4) is 0 Å². The van der Waals surface area contributed by atoms with Crippen LogP contribution in [0.4, 0.5) is 10.1 Å². The molecule has 35 heavy (non-hydrogen) atoms. The molecular formula is C26H28FN3O5. The van der Waals surface area contributed by atoms with Crippen LogP contribution in [0.15, 0.2) is 63.6 Å². The van der Waals surface area contributed by atoms with Crippen LogP contribution in [0.5, 0.6) is 0 Å². The fourth-order valence-electron chi connectivity index (χ4n) is 4.30. The summed E-state index contributed by atoms with van der Waals surface area (Å²) in [5, 5.41) is 5.50. The summed E-state index contributed by atoms with van der Waals surface area (Å²) in [6.45, 7) is 1.24. The molecule has 0 spiro atoms. The van der Waals surface area contributed by atoms with Crippen molar-refractivity contribution in [2.24, 2.45) is 0 Å². The minimum atomic E-state index is -1.27. The van der Waals surface area contributed by atoms with Crippen LogP contribution in [0.1, 0.15) is 60.2 Å². The number of para-hydroxylation sites is 1. The molecular weight excluding hydrogens is 453 g/mol. The summed E-state index contributed by atoms with van der Waals surface area (Å²) in [6.07, 6.45) is 6.13. The zero-order valence-electron chi connectivity index (χ0n) is 19.5. The van der Waals surface area contributed by atoms with Gasteiger partial charge in [-0.25, -0.2) is 4.39 Å². The Morgan fingerprint density at radius 2 is 1.83 bits per heavy atom. The van der Waals surface area contributed by atoms with Crippen molar-refractivity contribution < 1.29 is 27.6 Å². The first kappa shape index (κ1) is 24.3. The monoisotopic (exact) mass is 481 g/mol. The smallest absolute Gasteiger partial charge is 0.287 e. The molecule has 0 radical (unpaired) electrons. The largest absolute Gasteiger partial charge is 0.464 e. The average molecular weight is 482 g/mol. The highest BCUT2D eigenvalue weighted by Gasteiger charge is 2.37. The number of rotatable bonds is 8. The Bertz CT molecular complexity index is 1170. The maximum atomic E-state index is 15.0. The third-order valence-electron chi connectivity index (χ3n) is 6.01. The molecule has 8 nitrogen and oxygen atoms in total. The van der Waals surface area contributed by atoms with Crippen molar-refractivity contribution in [3.05, 3.63) is 77.9 Å². The number of amides is 3. The van der Waals surface area contributed by atoms with Crippen molar-refractivity contribution >= 4 is 23.4 Å². The maximum Gasteiger partial charge on any atom is 0.287 e. The molecule has 3 aromatic rings. The maximum absolute atomic E-state index is 15.0. The van der Waals surface area contributed by atoms with Crippen LogP contribution in [0.25, 0.3) is 0 Å². The van der Waals surface area contributed by atoms with E-state index in [2.05, 4.69) is 10.6 Å². The van der Waals surface area contributed by atoms with Crippen LogP contribution in [-0.4, -0.2) is 30.3 Å². The zero-order chi connectivity index (χ0) is 24.8. The predicted molar refractivity (Wildman–Crippen MR) is 126 cm³/mol. The Kier molecular flexibility index (Phi) is 7.64. The minimum absolute atomic E-state index is 0.0310. The summed E-state index contributed by atoms with van der Waals surface area (Å²) in [4.78, 5) is 40.4. The number of nitrogens with one attached hydrogen (secondary N) is 2. The van der Waals surface area contributed by atoms with Crippen molar-refractivity contribution in [1.29, 1.82) is 0 Å². The lowest BCUT2D eigenvalue weighted by molar-refractivity contribution is -0.127. The van der Waals surface area contributed by atoms with Crippen molar-refractivity contribution in [2.75, 3.05) is 11.4 Å². The van der Waals surface area contributed by atoms with E-state index in [1.807, 2.05) is 0 Å². The van der Waals surface area contributed by atoms with Crippen molar-refractivity contribution in [3.63, 3.8) is 0 Å². The minimum Gasteiger partial charge on any atom is -0.464 e. The van der Waals surface area contributed by atoms with Gasteiger partial charge in [-0.1, -0.05) is 31.4 Å². The topological polar surface area (TPSA) is 105 Å². The van der Waals surface area contributed by atoms with E-state index in [4.69, 9.17) is 8.83 Å². The number of halogens is 1. The number of carbonyl (C=O) groups is 3. The standard InChI is InChI=1S/C26H28FN3O5/c1-17-13-14-21(35-17)24(26(33)29-18-8-3-2-4-9-18)30(20-11-6-5-10-19(20)27)23(31)16-28-25(32)22-12-7-15-34-22/h5-7,10-15,18,24H,2-4,8-9,16H2,1H3,(H,28,32)(H,29,33)/t24-/m0/s1. The van der Waals surface area contributed by atoms with Crippen LogP contribution in [0, 0.1) is 12.7 Å². The second-order valence-corrected chi connectivity index (χ2v) is 8.57. The van der Waals surface area contributed by atoms with E-state index in [1.54, 1.807) is 31.2 Å². The van der Waals surface area contributed by atoms with E-state index >= 15 is 0 Å². The molecule has 1 aliphatic rings. The molecule has 0 aliphatic heterocycles. The number of aryl methyl sites for hydroxylation is 1. The summed E-state index contributed by atoms with van der Waals surface area (Å²) < 4.78 is 25.8. The number of carbonyl (C=O) groups excluding carboxylic acids is 3. The van der Waals surface area contributed by atoms with E-state index < -0.39 is 36.1 Å². The molecule has 2 N–H and O–H groups in total. The Labute approximate surface area is 202 Å². The fourth-order valence-corrected chi connectivity index (χ4v) is 4.30. The Hall–Kier alpha value is -3.88. The molecule has 1 saturated carbocycles. The normalized spacial score (nSPS) is 14.8. The molecule has 2 heterocycles. The van der Waals surface area contributed by atoms with Gasteiger partial charge in [0.05, 0.1) is 18.5 Å². The molecule has 0 bridgehead atoms. The Morgan fingerprint density at radius 1 is 1.06 bits per heavy atom. The summed E-state index contributed by atoms with van der Waals surface area (Å²) in [5.74, 6) is -1.67. The first-order chi connectivity index (χ1) is 16.9. The summed E-state index contributed by atoms with van der Waals surface area (Å²) >= 11 is 0. The second kappa shape index (κ2) is 11.0. The number of hydrogen-bond acceptors (Lipinski definition) is 5. The van der Waals surface area contributed by atoms with Crippen LogP contribution in [-0.2, 0) is 9.59 Å². The third kappa shape index (κ3) is 5.79. The molecule has 1 aromatic carbocycles. The fraction of sp³-hybridized carbons (Fsp3) is 0.346. The number of furan rings is 2.